The SMILES string of the molecule is C[C@@H]([NH2+]Cc1ccc(-c2ccc(Cl)cc2)o1)C12CC3CC(CC(C3)C1)C2. The van der Waals surface area contributed by atoms with Gasteiger partial charge >= 0.3 is 0 Å². The number of hydrogen-bond acceptors (Lipinski definition) is 1. The standard InChI is InChI=1S/C23H28ClNO/c1-15(23-11-16-8-17(12-23)10-18(9-16)13-23)25-14-21-6-7-22(26-21)19-2-4-20(24)5-3-19/h2-7,15-18,25H,8-14H2,1H3/p+1/t15-,16?,17?,18?,23?/m1/s1. The van der Waals surface area contributed by atoms with E-state index in [0.717, 1.165) is 46.4 Å². The van der Waals surface area contributed by atoms with Crippen molar-refractivity contribution in [3.63, 3.8) is 0 Å². The van der Waals surface area contributed by atoms with Crippen LogP contribution in [-0.2, 0) is 6.54 Å². The van der Waals surface area contributed by atoms with Gasteiger partial charge in [-0.15, -0.1) is 0 Å². The molecule has 2 N–H and O–H groups in total. The first-order valence-corrected chi connectivity index (χ1v) is 10.7. The largest absolute Gasteiger partial charge is 0.455 e. The lowest BCUT2D eigenvalue weighted by atomic mass is 9.48. The fourth-order valence-electron chi connectivity index (χ4n) is 6.54. The van der Waals surface area contributed by atoms with Gasteiger partial charge in [0.15, 0.2) is 5.76 Å². The highest BCUT2D eigenvalue weighted by atomic mass is 35.5. The van der Waals surface area contributed by atoms with Crippen molar-refractivity contribution < 1.29 is 9.73 Å². The van der Waals surface area contributed by atoms with Crippen molar-refractivity contribution in [2.45, 2.75) is 58.0 Å². The Hall–Kier alpha value is -1.25. The van der Waals surface area contributed by atoms with E-state index < -0.39 is 0 Å². The van der Waals surface area contributed by atoms with Gasteiger partial charge in [-0.2, -0.15) is 0 Å². The summed E-state index contributed by atoms with van der Waals surface area (Å²) in [7, 11) is 0. The molecule has 4 aliphatic rings. The minimum atomic E-state index is 0.598. The quantitative estimate of drug-likeness (QED) is 0.763. The Morgan fingerprint density at radius 3 is 2.23 bits per heavy atom. The Balaban J connectivity index is 1.25. The molecule has 4 bridgehead atoms. The van der Waals surface area contributed by atoms with Gasteiger partial charge in [0.05, 0.1) is 6.04 Å². The van der Waals surface area contributed by atoms with Crippen LogP contribution in [0.3, 0.4) is 0 Å². The van der Waals surface area contributed by atoms with Crippen molar-refractivity contribution in [1.82, 2.24) is 0 Å². The summed E-state index contributed by atoms with van der Waals surface area (Å²) in [5.41, 5.74) is 1.69. The monoisotopic (exact) mass is 370 g/mol. The molecular weight excluding hydrogens is 342 g/mol. The third kappa shape index (κ3) is 3.01. The molecule has 0 unspecified atom stereocenters. The zero-order valence-electron chi connectivity index (χ0n) is 15.6. The number of rotatable bonds is 5. The summed E-state index contributed by atoms with van der Waals surface area (Å²) >= 11 is 5.98. The van der Waals surface area contributed by atoms with E-state index in [1.807, 2.05) is 24.3 Å². The molecule has 4 fully saturated rings. The molecule has 1 aromatic heterocycles. The number of benzene rings is 1. The molecule has 138 valence electrons. The first-order valence-electron chi connectivity index (χ1n) is 10.3. The van der Waals surface area contributed by atoms with E-state index in [2.05, 4.69) is 24.4 Å². The molecule has 3 heteroatoms. The van der Waals surface area contributed by atoms with Crippen molar-refractivity contribution in [3.8, 4) is 11.3 Å². The fourth-order valence-corrected chi connectivity index (χ4v) is 6.66. The molecule has 2 nitrogen and oxygen atoms in total. The molecule has 0 radical (unpaired) electrons. The van der Waals surface area contributed by atoms with Crippen molar-refractivity contribution in [1.29, 1.82) is 0 Å². The van der Waals surface area contributed by atoms with Crippen molar-refractivity contribution >= 4 is 11.6 Å². The van der Waals surface area contributed by atoms with Gasteiger partial charge in [-0.3, -0.25) is 0 Å². The second-order valence-electron chi connectivity index (χ2n) is 9.28. The van der Waals surface area contributed by atoms with Gasteiger partial charge in [0.25, 0.3) is 0 Å². The van der Waals surface area contributed by atoms with Crippen LogP contribution in [0.4, 0.5) is 0 Å². The number of quaternary nitrogens is 1. The summed E-state index contributed by atoms with van der Waals surface area (Å²) in [6, 6.07) is 12.8. The zero-order chi connectivity index (χ0) is 17.7. The first-order chi connectivity index (χ1) is 12.6. The van der Waals surface area contributed by atoms with E-state index >= 15 is 0 Å². The summed E-state index contributed by atoms with van der Waals surface area (Å²) < 4.78 is 6.10. The van der Waals surface area contributed by atoms with Crippen LogP contribution in [0.15, 0.2) is 40.8 Å². The lowest BCUT2D eigenvalue weighted by molar-refractivity contribution is -0.718. The summed E-state index contributed by atoms with van der Waals surface area (Å²) in [4.78, 5) is 0. The van der Waals surface area contributed by atoms with E-state index in [4.69, 9.17) is 16.0 Å². The fraction of sp³-hybridized carbons (Fsp3) is 0.565. The lowest BCUT2D eigenvalue weighted by Gasteiger charge is -2.57. The third-order valence-corrected chi connectivity index (χ3v) is 7.77. The highest BCUT2D eigenvalue weighted by Crippen LogP contribution is 2.60. The molecular formula is C23H29ClNO+. The highest BCUT2D eigenvalue weighted by Gasteiger charge is 2.54. The van der Waals surface area contributed by atoms with Gasteiger partial charge in [-0.1, -0.05) is 11.6 Å². The molecule has 4 aliphatic carbocycles. The smallest absolute Gasteiger partial charge is 0.158 e. The summed E-state index contributed by atoms with van der Waals surface area (Å²) in [5.74, 6) is 5.09. The number of hydrogen-bond donors (Lipinski definition) is 1. The van der Waals surface area contributed by atoms with Crippen LogP contribution in [0, 0.1) is 23.2 Å². The Morgan fingerprint density at radius 2 is 1.62 bits per heavy atom. The Bertz CT molecular complexity index is 742. The zero-order valence-corrected chi connectivity index (χ0v) is 16.3. The third-order valence-electron chi connectivity index (χ3n) is 7.51. The maximum atomic E-state index is 6.10. The van der Waals surface area contributed by atoms with Crippen LogP contribution >= 0.6 is 11.6 Å². The van der Waals surface area contributed by atoms with Crippen LogP contribution in [0.1, 0.15) is 51.2 Å². The average Bonchev–Trinajstić information content (AvgIpc) is 3.08. The van der Waals surface area contributed by atoms with Crippen molar-refractivity contribution in [2.24, 2.45) is 23.2 Å². The van der Waals surface area contributed by atoms with Gasteiger partial charge in [-0.05, 0) is 99.6 Å². The molecule has 4 saturated carbocycles. The average molecular weight is 371 g/mol. The Morgan fingerprint density at radius 1 is 1.00 bits per heavy atom. The van der Waals surface area contributed by atoms with Crippen LogP contribution in [0.5, 0.6) is 0 Å². The predicted molar refractivity (Wildman–Crippen MR) is 105 cm³/mol. The molecule has 2 aromatic rings. The van der Waals surface area contributed by atoms with Gasteiger partial charge in [-0.25, -0.2) is 0 Å². The van der Waals surface area contributed by atoms with E-state index in [-0.39, 0.29) is 0 Å². The van der Waals surface area contributed by atoms with Gasteiger partial charge < -0.3 is 9.73 Å². The van der Waals surface area contributed by atoms with Crippen molar-refractivity contribution in [2.75, 3.05) is 0 Å². The molecule has 1 heterocycles. The molecule has 1 atom stereocenters. The second-order valence-corrected chi connectivity index (χ2v) is 9.72. The maximum Gasteiger partial charge on any atom is 0.158 e. The molecule has 0 aliphatic heterocycles. The van der Waals surface area contributed by atoms with Crippen LogP contribution in [0.2, 0.25) is 5.02 Å². The molecule has 0 spiro atoms. The summed E-state index contributed by atoms with van der Waals surface area (Å²) in [6.07, 6.45) is 9.00. The number of furan rings is 1. The topological polar surface area (TPSA) is 29.8 Å². The van der Waals surface area contributed by atoms with E-state index in [1.165, 1.54) is 38.5 Å². The van der Waals surface area contributed by atoms with Crippen molar-refractivity contribution in [3.05, 3.63) is 47.2 Å². The Kier molecular flexibility index (Phi) is 4.17. The molecule has 26 heavy (non-hydrogen) atoms. The summed E-state index contributed by atoms with van der Waals surface area (Å²) in [5, 5.41) is 3.30. The minimum Gasteiger partial charge on any atom is -0.455 e. The van der Waals surface area contributed by atoms with E-state index in [0.29, 0.717) is 11.5 Å². The van der Waals surface area contributed by atoms with Crippen LogP contribution in [0.25, 0.3) is 11.3 Å². The predicted octanol–water partition coefficient (Wildman–Crippen LogP) is 5.27. The van der Waals surface area contributed by atoms with Crippen LogP contribution < -0.4 is 5.32 Å². The Labute approximate surface area is 161 Å². The highest BCUT2D eigenvalue weighted by molar-refractivity contribution is 6.30. The molecule has 0 amide bonds. The second kappa shape index (κ2) is 6.42. The minimum absolute atomic E-state index is 0.598. The maximum absolute atomic E-state index is 6.10. The molecule has 0 saturated heterocycles. The number of halogens is 1. The van der Waals surface area contributed by atoms with Gasteiger partial charge in [0, 0.05) is 16.0 Å². The first kappa shape index (κ1) is 16.9. The van der Waals surface area contributed by atoms with Crippen LogP contribution in [-0.4, -0.2) is 6.04 Å². The van der Waals surface area contributed by atoms with Gasteiger partial charge in [0.1, 0.15) is 12.3 Å². The van der Waals surface area contributed by atoms with E-state index in [9.17, 15) is 0 Å². The summed E-state index contributed by atoms with van der Waals surface area (Å²) in [6.45, 7) is 3.41. The normalized spacial score (nSPS) is 33.5. The van der Waals surface area contributed by atoms with E-state index in [1.54, 1.807) is 0 Å². The molecule has 1 aromatic carbocycles. The number of nitrogens with two attached hydrogens (primary N) is 1. The lowest BCUT2D eigenvalue weighted by Crippen LogP contribution is -2.91. The molecule has 6 rings (SSSR count). The van der Waals surface area contributed by atoms with Gasteiger partial charge in [0.2, 0.25) is 0 Å².